The van der Waals surface area contributed by atoms with Crippen molar-refractivity contribution in [2.75, 3.05) is 13.1 Å². The van der Waals surface area contributed by atoms with Crippen molar-refractivity contribution in [3.05, 3.63) is 0 Å². The summed E-state index contributed by atoms with van der Waals surface area (Å²) >= 11 is 0. The Balaban J connectivity index is 1.27. The van der Waals surface area contributed by atoms with Crippen LogP contribution in [-0.2, 0) is 9.59 Å². The lowest BCUT2D eigenvalue weighted by Crippen LogP contribution is -2.58. The van der Waals surface area contributed by atoms with Gasteiger partial charge in [-0.3, -0.25) is 9.59 Å². The molecule has 10 atom stereocenters. The van der Waals surface area contributed by atoms with E-state index in [1.807, 2.05) is 0 Å². The Morgan fingerprint density at radius 3 is 2.38 bits per heavy atom. The van der Waals surface area contributed by atoms with E-state index in [4.69, 9.17) is 0 Å². The summed E-state index contributed by atoms with van der Waals surface area (Å²) < 4.78 is 0. The molecule has 0 bridgehead atoms. The number of amides is 2. The lowest BCUT2D eigenvalue weighted by Gasteiger charge is -2.62. The number of hydrogen-bond donors (Lipinski definition) is 4. The van der Waals surface area contributed by atoms with Crippen LogP contribution in [0, 0.1) is 46.3 Å². The molecule has 0 radical (unpaired) electrons. The molecule has 4 saturated carbocycles. The van der Waals surface area contributed by atoms with Crippen LogP contribution >= 0.6 is 0 Å². The molecule has 4 rings (SSSR count). The van der Waals surface area contributed by atoms with Crippen LogP contribution in [0.1, 0.15) is 111 Å². The van der Waals surface area contributed by atoms with Gasteiger partial charge in [0.15, 0.2) is 0 Å². The molecule has 4 fully saturated rings. The van der Waals surface area contributed by atoms with E-state index in [1.165, 1.54) is 32.6 Å². The van der Waals surface area contributed by atoms with Crippen molar-refractivity contribution in [1.82, 2.24) is 10.6 Å². The molecule has 6 nitrogen and oxygen atoms in total. The van der Waals surface area contributed by atoms with Crippen LogP contribution in [0.4, 0.5) is 0 Å². The van der Waals surface area contributed by atoms with Crippen molar-refractivity contribution in [1.29, 1.82) is 0 Å². The molecule has 0 aromatic rings. The Hall–Kier alpha value is -1.14. The molecule has 0 aromatic carbocycles. The van der Waals surface area contributed by atoms with Gasteiger partial charge >= 0.3 is 0 Å². The van der Waals surface area contributed by atoms with Gasteiger partial charge in [0.05, 0.1) is 12.2 Å². The van der Waals surface area contributed by atoms with Crippen molar-refractivity contribution in [3.63, 3.8) is 0 Å². The van der Waals surface area contributed by atoms with Crippen molar-refractivity contribution in [2.24, 2.45) is 46.3 Å². The highest BCUT2D eigenvalue weighted by Crippen LogP contribution is 2.68. The SMILES string of the molecule is CC(=O)NCCCCCNC(=O)CC[C@@H](C)[C@H]1CC[C@H]2[C@@H]3CC[C@@H]4C[C@H](O)CC[C@]4(C)[C@H]3C[C@H](O)[C@]12C. The molecular formula is C31H54N2O4. The van der Waals surface area contributed by atoms with E-state index in [0.29, 0.717) is 55.0 Å². The second-order valence-electron chi connectivity index (χ2n) is 13.8. The molecule has 0 unspecified atom stereocenters. The van der Waals surface area contributed by atoms with Gasteiger partial charge < -0.3 is 20.8 Å². The fraction of sp³-hybridized carbons (Fsp3) is 0.935. The molecule has 6 heteroatoms. The highest BCUT2D eigenvalue weighted by Gasteiger charge is 2.63. The zero-order chi connectivity index (χ0) is 26.8. The second-order valence-corrected chi connectivity index (χ2v) is 13.8. The highest BCUT2D eigenvalue weighted by molar-refractivity contribution is 5.75. The summed E-state index contributed by atoms with van der Waals surface area (Å²) in [7, 11) is 0. The zero-order valence-electron chi connectivity index (χ0n) is 23.9. The fourth-order valence-corrected chi connectivity index (χ4v) is 9.73. The predicted octanol–water partition coefficient (Wildman–Crippen LogP) is 4.82. The smallest absolute Gasteiger partial charge is 0.220 e. The largest absolute Gasteiger partial charge is 0.393 e. The van der Waals surface area contributed by atoms with Gasteiger partial charge in [-0.1, -0.05) is 20.8 Å². The average Bonchev–Trinajstić information content (AvgIpc) is 3.21. The molecule has 0 aliphatic heterocycles. The van der Waals surface area contributed by atoms with Gasteiger partial charge in [-0.05, 0) is 123 Å². The maximum Gasteiger partial charge on any atom is 0.220 e. The van der Waals surface area contributed by atoms with Gasteiger partial charge in [0.1, 0.15) is 0 Å². The quantitative estimate of drug-likeness (QED) is 0.312. The first-order valence-corrected chi connectivity index (χ1v) is 15.4. The van der Waals surface area contributed by atoms with E-state index in [1.54, 1.807) is 0 Å². The van der Waals surface area contributed by atoms with Crippen LogP contribution in [0.5, 0.6) is 0 Å². The number of carbonyl (C=O) groups excluding carboxylic acids is 2. The Morgan fingerprint density at radius 2 is 1.65 bits per heavy atom. The van der Waals surface area contributed by atoms with Crippen LogP contribution in [0.2, 0.25) is 0 Å². The first kappa shape index (κ1) is 28.9. The van der Waals surface area contributed by atoms with Crippen molar-refractivity contribution < 1.29 is 19.8 Å². The van der Waals surface area contributed by atoms with E-state index in [-0.39, 0.29) is 34.9 Å². The van der Waals surface area contributed by atoms with Gasteiger partial charge in [0.25, 0.3) is 0 Å². The third-order valence-electron chi connectivity index (χ3n) is 11.9. The average molecular weight is 519 g/mol. The van der Waals surface area contributed by atoms with Crippen LogP contribution in [0.25, 0.3) is 0 Å². The van der Waals surface area contributed by atoms with Crippen LogP contribution in [0.15, 0.2) is 0 Å². The molecule has 2 amide bonds. The second kappa shape index (κ2) is 11.9. The lowest BCUT2D eigenvalue weighted by atomic mass is 9.43. The topological polar surface area (TPSA) is 98.7 Å². The molecule has 0 spiro atoms. The molecule has 4 aliphatic rings. The Kier molecular flexibility index (Phi) is 9.31. The molecule has 0 heterocycles. The number of fused-ring (bicyclic) bond motifs is 5. The minimum Gasteiger partial charge on any atom is -0.393 e. The molecule has 0 aromatic heterocycles. The molecule has 4 N–H and O–H groups in total. The lowest BCUT2D eigenvalue weighted by molar-refractivity contribution is -0.174. The number of carbonyl (C=O) groups is 2. The van der Waals surface area contributed by atoms with Crippen LogP contribution in [0.3, 0.4) is 0 Å². The maximum absolute atomic E-state index is 12.5. The van der Waals surface area contributed by atoms with Crippen LogP contribution < -0.4 is 10.6 Å². The summed E-state index contributed by atoms with van der Waals surface area (Å²) in [5.74, 6) is 3.56. The maximum atomic E-state index is 12.5. The van der Waals surface area contributed by atoms with E-state index < -0.39 is 0 Å². The third kappa shape index (κ3) is 5.90. The third-order valence-corrected chi connectivity index (χ3v) is 11.9. The molecule has 0 saturated heterocycles. The first-order valence-electron chi connectivity index (χ1n) is 15.4. The van der Waals surface area contributed by atoms with Crippen molar-refractivity contribution in [2.45, 2.75) is 123 Å². The summed E-state index contributed by atoms with van der Waals surface area (Å²) in [5.41, 5.74) is 0.235. The number of aliphatic hydroxyl groups is 2. The number of aliphatic hydroxyl groups excluding tert-OH is 2. The Morgan fingerprint density at radius 1 is 0.919 bits per heavy atom. The number of nitrogens with one attached hydrogen (secondary N) is 2. The Labute approximate surface area is 225 Å². The van der Waals surface area contributed by atoms with Crippen LogP contribution in [-0.4, -0.2) is 47.3 Å². The van der Waals surface area contributed by atoms with Gasteiger partial charge in [-0.15, -0.1) is 0 Å². The van der Waals surface area contributed by atoms with Gasteiger partial charge in [-0.2, -0.15) is 0 Å². The monoisotopic (exact) mass is 518 g/mol. The minimum absolute atomic E-state index is 0.0112. The standard InChI is InChI=1S/C31H54N2O4/c1-20(8-13-29(37)33-17-7-5-6-16-32-21(2)34)25-11-12-26-24-10-9-22-18-23(35)14-15-30(22,3)27(24)19-28(36)31(25,26)4/h20,22-28,35-36H,5-19H2,1-4H3,(H,32,34)(H,33,37)/t20-,22-,23-,24+,25-,26+,27+,28+,30+,31-/m1/s1. The van der Waals surface area contributed by atoms with Crippen molar-refractivity contribution >= 4 is 11.8 Å². The summed E-state index contributed by atoms with van der Waals surface area (Å²) in [6, 6.07) is 0. The van der Waals surface area contributed by atoms with Gasteiger partial charge in [0.2, 0.25) is 11.8 Å². The summed E-state index contributed by atoms with van der Waals surface area (Å²) in [5, 5.41) is 27.9. The summed E-state index contributed by atoms with van der Waals surface area (Å²) in [6.07, 6.45) is 12.8. The van der Waals surface area contributed by atoms with E-state index in [0.717, 1.165) is 51.4 Å². The normalized spacial score (nSPS) is 41.7. The van der Waals surface area contributed by atoms with Crippen molar-refractivity contribution in [3.8, 4) is 0 Å². The zero-order valence-corrected chi connectivity index (χ0v) is 23.9. The molecular weight excluding hydrogens is 464 g/mol. The van der Waals surface area contributed by atoms with E-state index in [9.17, 15) is 19.8 Å². The fourth-order valence-electron chi connectivity index (χ4n) is 9.73. The molecule has 37 heavy (non-hydrogen) atoms. The predicted molar refractivity (Wildman–Crippen MR) is 147 cm³/mol. The summed E-state index contributed by atoms with van der Waals surface area (Å²) in [4.78, 5) is 23.4. The van der Waals surface area contributed by atoms with Gasteiger partial charge in [-0.25, -0.2) is 0 Å². The molecule has 212 valence electrons. The summed E-state index contributed by atoms with van der Waals surface area (Å²) in [6.45, 7) is 10.1. The van der Waals surface area contributed by atoms with E-state index in [2.05, 4.69) is 31.4 Å². The number of rotatable bonds is 10. The van der Waals surface area contributed by atoms with Gasteiger partial charge in [0, 0.05) is 26.4 Å². The number of unbranched alkanes of at least 4 members (excludes halogenated alkanes) is 2. The molecule has 4 aliphatic carbocycles. The highest BCUT2D eigenvalue weighted by atomic mass is 16.3. The number of hydrogen-bond acceptors (Lipinski definition) is 4. The minimum atomic E-state index is -0.262. The first-order chi connectivity index (χ1) is 17.6. The Bertz CT molecular complexity index is 804. The van der Waals surface area contributed by atoms with E-state index >= 15 is 0 Å².